The van der Waals surface area contributed by atoms with Crippen molar-refractivity contribution in [1.29, 1.82) is 0 Å². The van der Waals surface area contributed by atoms with Gasteiger partial charge in [-0.1, -0.05) is 11.8 Å². The fourth-order valence-corrected chi connectivity index (χ4v) is 1.61. The summed E-state index contributed by atoms with van der Waals surface area (Å²) in [7, 11) is 3.20. The highest BCUT2D eigenvalue weighted by Gasteiger charge is 2.15. The molecule has 1 N–H and O–H groups in total. The highest BCUT2D eigenvalue weighted by Crippen LogP contribution is 2.22. The minimum Gasteiger partial charge on any atom is -0.497 e. The molecule has 5 nitrogen and oxygen atoms in total. The van der Waals surface area contributed by atoms with Crippen LogP contribution in [-0.2, 0) is 4.74 Å². The summed E-state index contributed by atoms with van der Waals surface area (Å²) in [5, 5.41) is 2.66. The van der Waals surface area contributed by atoms with E-state index < -0.39 is 11.7 Å². The Morgan fingerprint density at radius 2 is 1.95 bits per heavy atom. The standard InChI is InChI=1S/C17H23NO4/c1-17(2,3)22-16(19)18-11-7-6-8-13-12-14(20-4)9-10-15(13)21-5/h9-10,12H,7,11H2,1-5H3,(H,18,19). The van der Waals surface area contributed by atoms with E-state index in [1.165, 1.54) is 0 Å². The van der Waals surface area contributed by atoms with Crippen LogP contribution in [0, 0.1) is 11.8 Å². The highest BCUT2D eigenvalue weighted by atomic mass is 16.6. The van der Waals surface area contributed by atoms with Gasteiger partial charge >= 0.3 is 6.09 Å². The number of benzene rings is 1. The average molecular weight is 305 g/mol. The van der Waals surface area contributed by atoms with Crippen LogP contribution in [0.2, 0.25) is 0 Å². The Morgan fingerprint density at radius 1 is 1.23 bits per heavy atom. The summed E-state index contributed by atoms with van der Waals surface area (Å²) < 4.78 is 15.5. The number of hydrogen-bond donors (Lipinski definition) is 1. The SMILES string of the molecule is COc1ccc(OC)c(C#CCCNC(=O)OC(C)(C)C)c1. The van der Waals surface area contributed by atoms with Gasteiger partial charge in [0, 0.05) is 13.0 Å². The molecule has 0 aromatic heterocycles. The summed E-state index contributed by atoms with van der Waals surface area (Å²) in [5.74, 6) is 7.41. The summed E-state index contributed by atoms with van der Waals surface area (Å²) in [6.45, 7) is 5.89. The number of methoxy groups -OCH3 is 2. The Labute approximate surface area is 131 Å². The summed E-state index contributed by atoms with van der Waals surface area (Å²) in [6, 6.07) is 5.43. The van der Waals surface area contributed by atoms with Gasteiger partial charge in [-0.15, -0.1) is 0 Å². The van der Waals surface area contributed by atoms with Gasteiger partial charge in [0.15, 0.2) is 0 Å². The molecule has 1 aromatic carbocycles. The van der Waals surface area contributed by atoms with Crippen LogP contribution in [-0.4, -0.2) is 32.5 Å². The molecule has 1 amide bonds. The molecule has 22 heavy (non-hydrogen) atoms. The Kier molecular flexibility index (Phi) is 6.58. The molecule has 0 aliphatic heterocycles. The number of carbonyl (C=O) groups excluding carboxylic acids is 1. The molecule has 0 aliphatic rings. The Morgan fingerprint density at radius 3 is 2.55 bits per heavy atom. The molecule has 0 bridgehead atoms. The van der Waals surface area contributed by atoms with Crippen LogP contribution in [0.5, 0.6) is 11.5 Å². The summed E-state index contributed by atoms with van der Waals surface area (Å²) in [5.41, 5.74) is 0.253. The Bertz CT molecular complexity index is 564. The molecule has 0 heterocycles. The second-order valence-electron chi connectivity index (χ2n) is 5.55. The quantitative estimate of drug-likeness (QED) is 0.686. The van der Waals surface area contributed by atoms with Gasteiger partial charge in [0.05, 0.1) is 19.8 Å². The summed E-state index contributed by atoms with van der Waals surface area (Å²) >= 11 is 0. The van der Waals surface area contributed by atoms with Crippen molar-refractivity contribution in [1.82, 2.24) is 5.32 Å². The molecule has 1 aromatic rings. The van der Waals surface area contributed by atoms with Crippen molar-refractivity contribution >= 4 is 6.09 Å². The molecule has 0 aliphatic carbocycles. The van der Waals surface area contributed by atoms with Gasteiger partial charge in [-0.3, -0.25) is 0 Å². The van der Waals surface area contributed by atoms with Crippen LogP contribution in [0.1, 0.15) is 32.8 Å². The molecule has 0 spiro atoms. The zero-order chi connectivity index (χ0) is 16.6. The summed E-state index contributed by atoms with van der Waals surface area (Å²) in [6.07, 6.45) is 0.0767. The van der Waals surface area contributed by atoms with Crippen LogP contribution in [0.4, 0.5) is 4.79 Å². The van der Waals surface area contributed by atoms with Crippen molar-refractivity contribution in [2.75, 3.05) is 20.8 Å². The molecule has 0 saturated heterocycles. The molecule has 0 atom stereocenters. The van der Waals surface area contributed by atoms with Gasteiger partial charge in [0.2, 0.25) is 0 Å². The first kappa shape index (κ1) is 17.7. The predicted octanol–water partition coefficient (Wildman–Crippen LogP) is 2.97. The molecular weight excluding hydrogens is 282 g/mol. The number of amides is 1. The maximum absolute atomic E-state index is 11.5. The van der Waals surface area contributed by atoms with E-state index in [2.05, 4.69) is 17.2 Å². The maximum Gasteiger partial charge on any atom is 0.407 e. The van der Waals surface area contributed by atoms with Gasteiger partial charge in [-0.05, 0) is 39.0 Å². The smallest absolute Gasteiger partial charge is 0.407 e. The van der Waals surface area contributed by atoms with Crippen LogP contribution < -0.4 is 14.8 Å². The van der Waals surface area contributed by atoms with Crippen molar-refractivity contribution < 1.29 is 19.0 Å². The maximum atomic E-state index is 11.5. The predicted molar refractivity (Wildman–Crippen MR) is 85.3 cm³/mol. The van der Waals surface area contributed by atoms with Crippen molar-refractivity contribution in [3.05, 3.63) is 23.8 Å². The van der Waals surface area contributed by atoms with E-state index in [0.29, 0.717) is 18.7 Å². The van der Waals surface area contributed by atoms with E-state index >= 15 is 0 Å². The van der Waals surface area contributed by atoms with E-state index in [1.54, 1.807) is 14.2 Å². The van der Waals surface area contributed by atoms with Crippen LogP contribution in [0.25, 0.3) is 0 Å². The Balaban J connectivity index is 2.53. The van der Waals surface area contributed by atoms with Gasteiger partial charge in [0.25, 0.3) is 0 Å². The first-order chi connectivity index (χ1) is 10.4. The minimum atomic E-state index is -0.496. The molecule has 0 radical (unpaired) electrons. The second kappa shape index (κ2) is 8.18. The second-order valence-corrected chi connectivity index (χ2v) is 5.55. The first-order valence-corrected chi connectivity index (χ1v) is 7.03. The Hall–Kier alpha value is -2.35. The van der Waals surface area contributed by atoms with Crippen molar-refractivity contribution in [2.24, 2.45) is 0 Å². The number of nitrogens with one attached hydrogen (secondary N) is 1. The minimum absolute atomic E-state index is 0.425. The van der Waals surface area contributed by atoms with E-state index in [9.17, 15) is 4.79 Å². The van der Waals surface area contributed by atoms with Crippen LogP contribution in [0.3, 0.4) is 0 Å². The number of carbonyl (C=O) groups is 1. The third-order valence-corrected chi connectivity index (χ3v) is 2.55. The lowest BCUT2D eigenvalue weighted by Gasteiger charge is -2.19. The largest absolute Gasteiger partial charge is 0.497 e. The molecule has 0 saturated carbocycles. The lowest BCUT2D eigenvalue weighted by Crippen LogP contribution is -2.32. The number of rotatable bonds is 4. The molecule has 120 valence electrons. The normalized spacial score (nSPS) is 10.2. The van der Waals surface area contributed by atoms with Crippen LogP contribution in [0.15, 0.2) is 18.2 Å². The topological polar surface area (TPSA) is 56.8 Å². The van der Waals surface area contributed by atoms with E-state index in [4.69, 9.17) is 14.2 Å². The van der Waals surface area contributed by atoms with Crippen molar-refractivity contribution in [2.45, 2.75) is 32.8 Å². The number of ether oxygens (including phenoxy) is 3. The van der Waals surface area contributed by atoms with Crippen LogP contribution >= 0.6 is 0 Å². The molecule has 0 fully saturated rings. The van der Waals surface area contributed by atoms with E-state index in [0.717, 1.165) is 11.3 Å². The van der Waals surface area contributed by atoms with Gasteiger partial charge < -0.3 is 19.5 Å². The highest BCUT2D eigenvalue weighted by molar-refractivity contribution is 5.67. The van der Waals surface area contributed by atoms with Crippen molar-refractivity contribution in [3.8, 4) is 23.3 Å². The molecule has 1 rings (SSSR count). The third kappa shape index (κ3) is 6.40. The van der Waals surface area contributed by atoms with Gasteiger partial charge in [-0.25, -0.2) is 4.79 Å². The zero-order valence-electron chi connectivity index (χ0n) is 13.8. The fourth-order valence-electron chi connectivity index (χ4n) is 1.61. The summed E-state index contributed by atoms with van der Waals surface area (Å²) in [4.78, 5) is 11.5. The number of alkyl carbamates (subject to hydrolysis) is 1. The zero-order valence-corrected chi connectivity index (χ0v) is 13.8. The average Bonchev–Trinajstić information content (AvgIpc) is 2.44. The number of hydrogen-bond acceptors (Lipinski definition) is 4. The first-order valence-electron chi connectivity index (χ1n) is 7.03. The van der Waals surface area contributed by atoms with Crippen molar-refractivity contribution in [3.63, 3.8) is 0 Å². The lowest BCUT2D eigenvalue weighted by molar-refractivity contribution is 0.0529. The molecular formula is C17H23NO4. The van der Waals surface area contributed by atoms with Gasteiger partial charge in [-0.2, -0.15) is 0 Å². The third-order valence-electron chi connectivity index (χ3n) is 2.55. The monoisotopic (exact) mass is 305 g/mol. The van der Waals surface area contributed by atoms with E-state index in [1.807, 2.05) is 39.0 Å². The molecule has 0 unspecified atom stereocenters. The van der Waals surface area contributed by atoms with Gasteiger partial charge in [0.1, 0.15) is 17.1 Å². The lowest BCUT2D eigenvalue weighted by atomic mass is 10.2. The fraction of sp³-hybridized carbons (Fsp3) is 0.471. The molecule has 5 heteroatoms. The van der Waals surface area contributed by atoms with E-state index in [-0.39, 0.29) is 0 Å².